The highest BCUT2D eigenvalue weighted by Gasteiger charge is 2.37. The molecule has 0 radical (unpaired) electrons. The number of H-pyrrole nitrogens is 1. The molecular formula is C43H36N6O. The van der Waals surface area contributed by atoms with Crippen LogP contribution in [0.4, 0.5) is 0 Å². The molecule has 244 valence electrons. The van der Waals surface area contributed by atoms with E-state index in [9.17, 15) is 4.79 Å². The van der Waals surface area contributed by atoms with Gasteiger partial charge in [0.15, 0.2) is 0 Å². The molecule has 0 spiro atoms. The van der Waals surface area contributed by atoms with Gasteiger partial charge in [0, 0.05) is 29.4 Å². The zero-order chi connectivity index (χ0) is 33.9. The van der Waals surface area contributed by atoms with Gasteiger partial charge in [0.05, 0.1) is 34.2 Å². The monoisotopic (exact) mass is 652 g/mol. The number of carbonyl (C=O) groups excluding carboxylic acids is 1. The number of amides is 1. The maximum absolute atomic E-state index is 13.4. The summed E-state index contributed by atoms with van der Waals surface area (Å²) in [6.45, 7) is 2.57. The molecule has 0 aliphatic heterocycles. The maximum atomic E-state index is 13.4. The Morgan fingerprint density at radius 2 is 1.24 bits per heavy atom. The lowest BCUT2D eigenvalue weighted by Gasteiger charge is -2.36. The molecule has 0 fully saturated rings. The number of pyridine rings is 1. The predicted molar refractivity (Wildman–Crippen MR) is 199 cm³/mol. The fourth-order valence-electron chi connectivity index (χ4n) is 7.13. The Morgan fingerprint density at radius 1 is 0.720 bits per heavy atom. The molecule has 7 nitrogen and oxygen atoms in total. The molecule has 5 aromatic carbocycles. The van der Waals surface area contributed by atoms with E-state index >= 15 is 0 Å². The number of aromatic amines is 1. The Kier molecular flexibility index (Phi) is 8.22. The topological polar surface area (TPSA) is 88.5 Å². The van der Waals surface area contributed by atoms with E-state index < -0.39 is 5.41 Å². The Labute approximate surface area is 290 Å². The van der Waals surface area contributed by atoms with Crippen LogP contribution in [0, 0.1) is 0 Å². The second-order valence-corrected chi connectivity index (χ2v) is 12.8. The molecule has 2 N–H and O–H groups in total. The van der Waals surface area contributed by atoms with E-state index in [2.05, 4.69) is 129 Å². The molecule has 0 aliphatic rings. The number of hydrogen-bond donors (Lipinski definition) is 2. The summed E-state index contributed by atoms with van der Waals surface area (Å²) in [5.41, 5.74) is 8.38. The van der Waals surface area contributed by atoms with Crippen molar-refractivity contribution < 1.29 is 4.79 Å². The second-order valence-electron chi connectivity index (χ2n) is 12.8. The number of rotatable bonds is 10. The van der Waals surface area contributed by atoms with Crippen molar-refractivity contribution in [3.8, 4) is 11.3 Å². The van der Waals surface area contributed by atoms with Crippen molar-refractivity contribution in [3.05, 3.63) is 186 Å². The first-order valence-electron chi connectivity index (χ1n) is 16.9. The first-order chi connectivity index (χ1) is 24.6. The van der Waals surface area contributed by atoms with Crippen molar-refractivity contribution in [2.75, 3.05) is 0 Å². The molecule has 3 heterocycles. The van der Waals surface area contributed by atoms with Gasteiger partial charge in [-0.1, -0.05) is 121 Å². The molecule has 8 aromatic rings. The number of imidazole rings is 1. The summed E-state index contributed by atoms with van der Waals surface area (Å²) >= 11 is 0. The zero-order valence-electron chi connectivity index (χ0n) is 27.7. The highest BCUT2D eigenvalue weighted by Crippen LogP contribution is 2.42. The van der Waals surface area contributed by atoms with Gasteiger partial charge in [-0.3, -0.25) is 19.6 Å². The van der Waals surface area contributed by atoms with Crippen molar-refractivity contribution in [2.45, 2.75) is 31.3 Å². The minimum atomic E-state index is -0.547. The molecule has 0 saturated carbocycles. The number of benzene rings is 5. The fourth-order valence-corrected chi connectivity index (χ4v) is 7.13. The lowest BCUT2D eigenvalue weighted by atomic mass is 9.69. The highest BCUT2D eigenvalue weighted by molar-refractivity contribution is 6.03. The van der Waals surface area contributed by atoms with Gasteiger partial charge in [0.2, 0.25) is 5.82 Å². The predicted octanol–water partition coefficient (Wildman–Crippen LogP) is 8.37. The SMILES string of the molecule is CC(Cc1ccccc1)NC(=O)c1nc2cc3c(-c4ccncc4)[nH]n(CC(c4ccccc4)(c4ccccc4)c4ccccc4)c3cc2n1. The standard InChI is InChI=1S/C43H36N6O/c1-30(26-31-14-6-2-7-15-31)45-42(50)41-46-37-27-36-39(28-38(37)47-41)49(48-40(36)32-22-24-44-25-23-32)29-43(33-16-8-3-9-17-33,34-18-10-4-11-19-34)35-20-12-5-13-21-35/h2-25,27-28,30,48H,26,29H2,1H3,(H,45,50). The van der Waals surface area contributed by atoms with E-state index in [1.54, 1.807) is 12.4 Å². The zero-order valence-corrected chi connectivity index (χ0v) is 27.7. The Balaban J connectivity index is 1.27. The number of aromatic nitrogens is 5. The van der Waals surface area contributed by atoms with Crippen molar-refractivity contribution >= 4 is 27.8 Å². The first-order valence-corrected chi connectivity index (χ1v) is 16.9. The number of hydrogen-bond acceptors (Lipinski definition) is 4. The van der Waals surface area contributed by atoms with Gasteiger partial charge in [-0.2, -0.15) is 0 Å². The van der Waals surface area contributed by atoms with Crippen LogP contribution in [0.25, 0.3) is 33.2 Å². The fraction of sp³-hybridized carbons (Fsp3) is 0.116. The Bertz CT molecular complexity index is 2270. The third kappa shape index (κ3) is 5.83. The van der Waals surface area contributed by atoms with E-state index in [0.717, 1.165) is 34.1 Å². The number of carbonyl (C=O) groups is 1. The van der Waals surface area contributed by atoms with Gasteiger partial charge in [-0.25, -0.2) is 9.97 Å². The molecule has 0 aliphatic carbocycles. The van der Waals surface area contributed by atoms with Crippen molar-refractivity contribution in [1.29, 1.82) is 0 Å². The lowest BCUT2D eigenvalue weighted by molar-refractivity contribution is 0.0931. The number of nitrogens with one attached hydrogen (secondary N) is 2. The van der Waals surface area contributed by atoms with Crippen LogP contribution in [0.2, 0.25) is 0 Å². The van der Waals surface area contributed by atoms with Crippen LogP contribution in [0.15, 0.2) is 158 Å². The second kappa shape index (κ2) is 13.3. The number of nitrogens with zero attached hydrogens (tertiary/aromatic N) is 4. The van der Waals surface area contributed by atoms with Crippen molar-refractivity contribution in [2.24, 2.45) is 0 Å². The maximum Gasteiger partial charge on any atom is 0.289 e. The van der Waals surface area contributed by atoms with E-state index in [1.165, 1.54) is 16.7 Å². The molecule has 8 rings (SSSR count). The average Bonchev–Trinajstić information content (AvgIpc) is 3.75. The molecule has 7 heteroatoms. The Morgan fingerprint density at radius 3 is 1.80 bits per heavy atom. The summed E-state index contributed by atoms with van der Waals surface area (Å²) < 4.78 is 2.22. The summed E-state index contributed by atoms with van der Waals surface area (Å²) in [6.07, 6.45) is 4.32. The molecule has 0 bridgehead atoms. The van der Waals surface area contributed by atoms with Crippen LogP contribution < -0.4 is 5.32 Å². The van der Waals surface area contributed by atoms with Crippen LogP contribution >= 0.6 is 0 Å². The van der Waals surface area contributed by atoms with Crippen molar-refractivity contribution in [1.82, 2.24) is 30.0 Å². The average molecular weight is 653 g/mol. The van der Waals surface area contributed by atoms with Crippen LogP contribution in [0.5, 0.6) is 0 Å². The van der Waals surface area contributed by atoms with Crippen LogP contribution in [0.1, 0.15) is 39.8 Å². The van der Waals surface area contributed by atoms with Gasteiger partial charge in [0.1, 0.15) is 0 Å². The van der Waals surface area contributed by atoms with E-state index in [0.29, 0.717) is 17.6 Å². The lowest BCUT2D eigenvalue weighted by Crippen LogP contribution is -2.35. The molecule has 1 unspecified atom stereocenters. The molecule has 1 amide bonds. The summed E-state index contributed by atoms with van der Waals surface area (Å²) in [5.74, 6) is -0.116. The van der Waals surface area contributed by atoms with E-state index in [4.69, 9.17) is 9.97 Å². The highest BCUT2D eigenvalue weighted by atomic mass is 16.2. The van der Waals surface area contributed by atoms with Gasteiger partial charge >= 0.3 is 0 Å². The smallest absolute Gasteiger partial charge is 0.289 e. The van der Waals surface area contributed by atoms with Gasteiger partial charge in [-0.15, -0.1) is 0 Å². The largest absolute Gasteiger partial charge is 0.347 e. The van der Waals surface area contributed by atoms with Crippen molar-refractivity contribution in [3.63, 3.8) is 0 Å². The normalized spacial score (nSPS) is 12.3. The molecule has 50 heavy (non-hydrogen) atoms. The van der Waals surface area contributed by atoms with Gasteiger partial charge < -0.3 is 5.32 Å². The van der Waals surface area contributed by atoms with E-state index in [1.807, 2.05) is 43.3 Å². The first kappa shape index (κ1) is 31.0. The molecular weight excluding hydrogens is 617 g/mol. The minimum absolute atomic E-state index is 0.0788. The third-order valence-electron chi connectivity index (χ3n) is 9.48. The summed E-state index contributed by atoms with van der Waals surface area (Å²) in [5, 5.41) is 7.85. The Hall–Kier alpha value is -6.34. The van der Waals surface area contributed by atoms with Crippen LogP contribution in [-0.4, -0.2) is 36.7 Å². The van der Waals surface area contributed by atoms with Crippen LogP contribution in [0.3, 0.4) is 0 Å². The summed E-state index contributed by atoms with van der Waals surface area (Å²) in [6, 6.07) is 50.2. The number of fused-ring (bicyclic) bond motifs is 2. The summed E-state index contributed by atoms with van der Waals surface area (Å²) in [7, 11) is 0. The van der Waals surface area contributed by atoms with E-state index in [-0.39, 0.29) is 17.8 Å². The summed E-state index contributed by atoms with van der Waals surface area (Å²) in [4.78, 5) is 27.2. The van der Waals surface area contributed by atoms with Crippen LogP contribution in [-0.2, 0) is 18.4 Å². The van der Waals surface area contributed by atoms with Gasteiger partial charge in [-0.05, 0) is 59.9 Å². The van der Waals surface area contributed by atoms with Gasteiger partial charge in [0.25, 0.3) is 5.91 Å². The quantitative estimate of drug-likeness (QED) is 0.145. The third-order valence-corrected chi connectivity index (χ3v) is 9.48. The minimum Gasteiger partial charge on any atom is -0.347 e. The molecule has 0 saturated heterocycles. The molecule has 1 atom stereocenters. The molecule has 3 aromatic heterocycles.